The molecule has 0 spiro atoms. The third-order valence-electron chi connectivity index (χ3n) is 5.94. The van der Waals surface area contributed by atoms with Gasteiger partial charge in [0.15, 0.2) is 0 Å². The highest BCUT2D eigenvalue weighted by atomic mass is 32.2. The number of carbonyl (C=O) groups is 3. The molecule has 3 aromatic rings. The number of nitrogens with zero attached hydrogens (tertiary/aromatic N) is 1. The average molecular weight is 497 g/mol. The van der Waals surface area contributed by atoms with Crippen molar-refractivity contribution in [2.45, 2.75) is 23.1 Å². The Labute approximate surface area is 202 Å². The minimum absolute atomic E-state index is 0.220. The fourth-order valence-corrected chi connectivity index (χ4v) is 6.92. The van der Waals surface area contributed by atoms with Crippen LogP contribution in [0.1, 0.15) is 33.6 Å². The van der Waals surface area contributed by atoms with Crippen molar-refractivity contribution in [3.05, 3.63) is 74.2 Å². The van der Waals surface area contributed by atoms with Crippen LogP contribution in [0.5, 0.6) is 5.75 Å². The van der Waals surface area contributed by atoms with Gasteiger partial charge in [0.25, 0.3) is 0 Å². The minimum Gasteiger partial charge on any atom is -0.497 e. The van der Waals surface area contributed by atoms with Crippen molar-refractivity contribution in [1.82, 2.24) is 4.98 Å². The quantitative estimate of drug-likeness (QED) is 0.426. The van der Waals surface area contributed by atoms with Gasteiger partial charge in [-0.25, -0.2) is 9.69 Å². The van der Waals surface area contributed by atoms with Gasteiger partial charge < -0.3 is 14.5 Å². The molecule has 2 aliphatic rings. The molecule has 1 aromatic heterocycles. The summed E-state index contributed by atoms with van der Waals surface area (Å²) in [5.41, 5.74) is 1.56. The summed E-state index contributed by atoms with van der Waals surface area (Å²) in [6, 6.07) is 13.5. The number of ether oxygens (including phenoxy) is 2. The van der Waals surface area contributed by atoms with Gasteiger partial charge in [-0.2, -0.15) is 0 Å². The number of rotatable bonds is 5. The van der Waals surface area contributed by atoms with Crippen molar-refractivity contribution in [1.29, 1.82) is 0 Å². The van der Waals surface area contributed by atoms with E-state index >= 15 is 0 Å². The van der Waals surface area contributed by atoms with Crippen LogP contribution in [0.4, 0.5) is 5.69 Å². The normalized spacial score (nSPS) is 21.2. The molecule has 2 aromatic carbocycles. The molecule has 10 heteroatoms. The zero-order chi connectivity index (χ0) is 24.0. The standard InChI is InChI=1S/C24H20N2O6S2/c1-3-32-23(29)13-4-8-14(9-5-13)26-21(27)17-16(12-6-10-15(31-2)11-7-12)18-20(25-24(30)34-18)33-19(17)22(26)28/h4-11,16-17,19H,3H2,1-2H3,(H,25,30)/t16-,17-,19-/m0/s1. The highest BCUT2D eigenvalue weighted by Crippen LogP contribution is 2.53. The maximum absolute atomic E-state index is 13.7. The largest absolute Gasteiger partial charge is 0.497 e. The number of imide groups is 1. The molecule has 34 heavy (non-hydrogen) atoms. The number of benzene rings is 2. The summed E-state index contributed by atoms with van der Waals surface area (Å²) < 4.78 is 10.3. The van der Waals surface area contributed by atoms with Crippen LogP contribution in [-0.4, -0.2) is 41.7 Å². The predicted molar refractivity (Wildman–Crippen MR) is 128 cm³/mol. The summed E-state index contributed by atoms with van der Waals surface area (Å²) in [5.74, 6) is -1.60. The molecule has 0 radical (unpaired) electrons. The second kappa shape index (κ2) is 8.77. The number of thioether (sulfide) groups is 1. The molecule has 0 aliphatic carbocycles. The van der Waals surface area contributed by atoms with Gasteiger partial charge in [0.2, 0.25) is 11.8 Å². The highest BCUT2D eigenvalue weighted by molar-refractivity contribution is 8.00. The van der Waals surface area contributed by atoms with Gasteiger partial charge in [-0.3, -0.25) is 14.4 Å². The van der Waals surface area contributed by atoms with Crippen LogP contribution in [0.3, 0.4) is 0 Å². The lowest BCUT2D eigenvalue weighted by molar-refractivity contribution is -0.122. The van der Waals surface area contributed by atoms with E-state index in [1.54, 1.807) is 38.3 Å². The van der Waals surface area contributed by atoms with Crippen LogP contribution in [0.15, 0.2) is 58.4 Å². The van der Waals surface area contributed by atoms with Gasteiger partial charge >= 0.3 is 10.8 Å². The molecule has 2 amide bonds. The van der Waals surface area contributed by atoms with Crippen molar-refractivity contribution in [2.75, 3.05) is 18.6 Å². The van der Waals surface area contributed by atoms with Gasteiger partial charge in [0.1, 0.15) is 11.0 Å². The number of hydrogen-bond donors (Lipinski definition) is 1. The molecule has 0 saturated carbocycles. The number of H-pyrrole nitrogens is 1. The molecule has 174 valence electrons. The summed E-state index contributed by atoms with van der Waals surface area (Å²) in [6.07, 6.45) is 0. The Hall–Kier alpha value is -3.37. The summed E-state index contributed by atoms with van der Waals surface area (Å²) in [7, 11) is 1.57. The van der Waals surface area contributed by atoms with Gasteiger partial charge in [-0.05, 0) is 48.9 Å². The Balaban J connectivity index is 1.54. The molecule has 8 nitrogen and oxygen atoms in total. The van der Waals surface area contributed by atoms with Crippen molar-refractivity contribution in [3.8, 4) is 5.75 Å². The maximum atomic E-state index is 13.7. The third-order valence-corrected chi connectivity index (χ3v) is 8.34. The Morgan fingerprint density at radius 2 is 1.74 bits per heavy atom. The monoisotopic (exact) mass is 496 g/mol. The van der Waals surface area contributed by atoms with Crippen molar-refractivity contribution >= 4 is 46.6 Å². The highest BCUT2D eigenvalue weighted by Gasteiger charge is 2.56. The number of esters is 1. The second-order valence-electron chi connectivity index (χ2n) is 7.80. The topological polar surface area (TPSA) is 106 Å². The van der Waals surface area contributed by atoms with Gasteiger partial charge in [-0.15, -0.1) is 0 Å². The van der Waals surface area contributed by atoms with Crippen LogP contribution in [0.25, 0.3) is 0 Å². The average Bonchev–Trinajstić information content (AvgIpc) is 3.34. The molecule has 2 aliphatic heterocycles. The maximum Gasteiger partial charge on any atom is 0.338 e. The first kappa shape index (κ1) is 22.4. The van der Waals surface area contributed by atoms with Crippen LogP contribution in [-0.2, 0) is 14.3 Å². The first-order chi connectivity index (χ1) is 16.4. The molecule has 5 rings (SSSR count). The van der Waals surface area contributed by atoms with Crippen LogP contribution < -0.4 is 14.5 Å². The number of amides is 2. The van der Waals surface area contributed by atoms with E-state index in [2.05, 4.69) is 4.98 Å². The second-order valence-corrected chi connectivity index (χ2v) is 9.97. The van der Waals surface area contributed by atoms with E-state index in [1.807, 2.05) is 12.1 Å². The number of hydrogen-bond acceptors (Lipinski definition) is 8. The Morgan fingerprint density at radius 1 is 1.03 bits per heavy atom. The van der Waals surface area contributed by atoms with Crippen molar-refractivity contribution < 1.29 is 23.9 Å². The zero-order valence-corrected chi connectivity index (χ0v) is 19.9. The fourth-order valence-electron chi connectivity index (χ4n) is 4.40. The summed E-state index contributed by atoms with van der Waals surface area (Å²) in [4.78, 5) is 55.8. The van der Waals surface area contributed by atoms with Crippen LogP contribution in [0, 0.1) is 5.92 Å². The van der Waals surface area contributed by atoms with Crippen LogP contribution in [0.2, 0.25) is 0 Å². The number of aromatic amines is 1. The lowest BCUT2D eigenvalue weighted by atomic mass is 9.83. The Bertz CT molecular complexity index is 1330. The first-order valence-corrected chi connectivity index (χ1v) is 12.3. The molecule has 3 heterocycles. The number of fused-ring (bicyclic) bond motifs is 2. The third kappa shape index (κ3) is 3.63. The lowest BCUT2D eigenvalue weighted by Gasteiger charge is -2.29. The van der Waals surface area contributed by atoms with Gasteiger partial charge in [0.05, 0.1) is 35.9 Å². The zero-order valence-electron chi connectivity index (χ0n) is 18.3. The number of methoxy groups -OCH3 is 1. The van der Waals surface area contributed by atoms with E-state index in [9.17, 15) is 19.2 Å². The number of thiazole rings is 1. The van der Waals surface area contributed by atoms with Crippen molar-refractivity contribution in [3.63, 3.8) is 0 Å². The predicted octanol–water partition coefficient (Wildman–Crippen LogP) is 3.42. The lowest BCUT2D eigenvalue weighted by Crippen LogP contribution is -2.32. The smallest absolute Gasteiger partial charge is 0.338 e. The van der Waals surface area contributed by atoms with Gasteiger partial charge in [0, 0.05) is 10.8 Å². The summed E-state index contributed by atoms with van der Waals surface area (Å²) in [6.45, 7) is 1.97. The van der Waals surface area contributed by atoms with E-state index < -0.39 is 23.1 Å². The van der Waals surface area contributed by atoms with E-state index in [0.717, 1.165) is 21.8 Å². The molecular weight excluding hydrogens is 476 g/mol. The van der Waals surface area contributed by atoms with Crippen LogP contribution >= 0.6 is 23.1 Å². The van der Waals surface area contributed by atoms with E-state index in [4.69, 9.17) is 9.47 Å². The minimum atomic E-state index is -0.679. The molecule has 0 bridgehead atoms. The van der Waals surface area contributed by atoms with E-state index in [1.165, 1.54) is 28.8 Å². The molecular formula is C24H20N2O6S2. The molecule has 3 atom stereocenters. The molecule has 1 saturated heterocycles. The SMILES string of the molecule is CCOC(=O)c1ccc(N2C(=O)[C@H]3[C@H](c4ccc(OC)cc4)c4sc(=O)[nH]c4S[C@@H]3C2=O)cc1. The first-order valence-electron chi connectivity index (χ1n) is 10.6. The number of aromatic nitrogens is 1. The van der Waals surface area contributed by atoms with E-state index in [0.29, 0.717) is 22.0 Å². The molecule has 0 unspecified atom stereocenters. The number of anilines is 1. The Kier molecular flexibility index (Phi) is 5.78. The van der Waals surface area contributed by atoms with Crippen molar-refractivity contribution in [2.24, 2.45) is 5.92 Å². The number of carbonyl (C=O) groups excluding carboxylic acids is 3. The fraction of sp³-hybridized carbons (Fsp3) is 0.250. The molecule has 1 N–H and O–H groups in total. The number of nitrogens with one attached hydrogen (secondary N) is 1. The van der Waals surface area contributed by atoms with Gasteiger partial charge in [-0.1, -0.05) is 35.2 Å². The molecule has 1 fully saturated rings. The summed E-state index contributed by atoms with van der Waals surface area (Å²) in [5, 5.41) is -0.0557. The summed E-state index contributed by atoms with van der Waals surface area (Å²) >= 11 is 2.29. The van der Waals surface area contributed by atoms with E-state index in [-0.39, 0.29) is 23.3 Å². The Morgan fingerprint density at radius 3 is 2.38 bits per heavy atom.